The maximum atomic E-state index is 10.1. The van der Waals surface area contributed by atoms with Crippen LogP contribution in [-0.4, -0.2) is 10.7 Å². The van der Waals surface area contributed by atoms with Crippen LogP contribution >= 0.6 is 0 Å². The zero-order valence-corrected chi connectivity index (χ0v) is 11.7. The fourth-order valence-corrected chi connectivity index (χ4v) is 2.85. The van der Waals surface area contributed by atoms with E-state index in [-0.39, 0.29) is 5.41 Å². The van der Waals surface area contributed by atoms with Crippen LogP contribution in [-0.2, 0) is 0 Å². The van der Waals surface area contributed by atoms with E-state index >= 15 is 0 Å². The maximum absolute atomic E-state index is 10.1. The Hall–Kier alpha value is -0.740. The first-order valence-corrected chi connectivity index (χ1v) is 6.49. The SMILES string of the molecule is [CH2]C#CC(C)(O)CCC1=C(C)CCCC1(C)C. The molecule has 17 heavy (non-hydrogen) atoms. The van der Waals surface area contributed by atoms with Gasteiger partial charge in [-0.25, -0.2) is 0 Å². The summed E-state index contributed by atoms with van der Waals surface area (Å²) in [5.41, 5.74) is 2.42. The van der Waals surface area contributed by atoms with Crippen LogP contribution in [0.25, 0.3) is 0 Å². The molecule has 0 saturated heterocycles. The van der Waals surface area contributed by atoms with Gasteiger partial charge in [-0.3, -0.25) is 0 Å². The Kier molecular flexibility index (Phi) is 4.44. The summed E-state index contributed by atoms with van der Waals surface area (Å²) in [6.45, 7) is 12.1. The van der Waals surface area contributed by atoms with Gasteiger partial charge in [-0.1, -0.05) is 36.8 Å². The topological polar surface area (TPSA) is 20.2 Å². The van der Waals surface area contributed by atoms with Gasteiger partial charge in [0.2, 0.25) is 0 Å². The lowest BCUT2D eigenvalue weighted by molar-refractivity contribution is 0.110. The normalized spacial score (nSPS) is 22.7. The smallest absolute Gasteiger partial charge is 0.123 e. The summed E-state index contributed by atoms with van der Waals surface area (Å²) in [4.78, 5) is 0. The van der Waals surface area contributed by atoms with E-state index in [1.165, 1.54) is 30.4 Å². The fourth-order valence-electron chi connectivity index (χ4n) is 2.85. The zero-order chi connectivity index (χ0) is 13.1. The van der Waals surface area contributed by atoms with Crippen molar-refractivity contribution in [3.8, 4) is 11.8 Å². The lowest BCUT2D eigenvalue weighted by Gasteiger charge is -2.35. The Labute approximate surface area is 106 Å². The highest BCUT2D eigenvalue weighted by atomic mass is 16.3. The molecule has 1 aliphatic carbocycles. The Morgan fingerprint density at radius 2 is 2.12 bits per heavy atom. The van der Waals surface area contributed by atoms with Gasteiger partial charge in [-0.05, 0) is 51.4 Å². The van der Waals surface area contributed by atoms with Crippen LogP contribution in [0.15, 0.2) is 11.1 Å². The lowest BCUT2D eigenvalue weighted by Crippen LogP contribution is -2.25. The average molecular weight is 233 g/mol. The average Bonchev–Trinajstić information content (AvgIpc) is 2.15. The third-order valence-electron chi connectivity index (χ3n) is 3.91. The van der Waals surface area contributed by atoms with Crippen molar-refractivity contribution in [1.29, 1.82) is 0 Å². The second-order valence-electron chi connectivity index (χ2n) is 6.07. The molecule has 1 atom stereocenters. The summed E-state index contributed by atoms with van der Waals surface area (Å²) in [6.07, 6.45) is 5.40. The molecular formula is C16H25O. The molecule has 0 amide bonds. The van der Waals surface area contributed by atoms with Crippen LogP contribution in [0.5, 0.6) is 0 Å². The lowest BCUT2D eigenvalue weighted by atomic mass is 9.70. The zero-order valence-electron chi connectivity index (χ0n) is 11.7. The molecule has 1 nitrogen and oxygen atoms in total. The van der Waals surface area contributed by atoms with Crippen molar-refractivity contribution in [2.75, 3.05) is 0 Å². The van der Waals surface area contributed by atoms with E-state index in [0.717, 1.165) is 6.42 Å². The highest BCUT2D eigenvalue weighted by molar-refractivity contribution is 5.24. The molecule has 0 spiro atoms. The number of hydrogen-bond donors (Lipinski definition) is 1. The quantitative estimate of drug-likeness (QED) is 0.579. The Morgan fingerprint density at radius 1 is 1.47 bits per heavy atom. The van der Waals surface area contributed by atoms with Crippen molar-refractivity contribution in [3.05, 3.63) is 18.1 Å². The molecule has 0 heterocycles. The first-order chi connectivity index (χ1) is 7.78. The number of allylic oxidation sites excluding steroid dienone is 2. The van der Waals surface area contributed by atoms with Gasteiger partial charge in [-0.2, -0.15) is 0 Å². The first-order valence-electron chi connectivity index (χ1n) is 6.49. The molecule has 1 N–H and O–H groups in total. The van der Waals surface area contributed by atoms with Crippen molar-refractivity contribution >= 4 is 0 Å². The molecule has 95 valence electrons. The molecule has 1 radical (unpaired) electrons. The molecule has 0 aromatic heterocycles. The van der Waals surface area contributed by atoms with Crippen LogP contribution in [0.1, 0.15) is 59.8 Å². The van der Waals surface area contributed by atoms with E-state index in [0.29, 0.717) is 6.42 Å². The van der Waals surface area contributed by atoms with Crippen LogP contribution in [0.3, 0.4) is 0 Å². The minimum absolute atomic E-state index is 0.288. The fraction of sp³-hybridized carbons (Fsp3) is 0.688. The number of hydrogen-bond acceptors (Lipinski definition) is 1. The van der Waals surface area contributed by atoms with Crippen molar-refractivity contribution < 1.29 is 5.11 Å². The van der Waals surface area contributed by atoms with Crippen LogP contribution in [0.4, 0.5) is 0 Å². The third-order valence-corrected chi connectivity index (χ3v) is 3.91. The van der Waals surface area contributed by atoms with E-state index in [1.54, 1.807) is 6.92 Å². The first kappa shape index (κ1) is 14.3. The van der Waals surface area contributed by atoms with E-state index < -0.39 is 5.60 Å². The summed E-state index contributed by atoms with van der Waals surface area (Å²) in [5.74, 6) is 5.34. The summed E-state index contributed by atoms with van der Waals surface area (Å²) in [6, 6.07) is 0. The van der Waals surface area contributed by atoms with Gasteiger partial charge in [0, 0.05) is 6.92 Å². The van der Waals surface area contributed by atoms with Crippen molar-refractivity contribution in [1.82, 2.24) is 0 Å². The van der Waals surface area contributed by atoms with Crippen LogP contribution in [0.2, 0.25) is 0 Å². The Bertz CT molecular complexity index is 361. The summed E-state index contributed by atoms with van der Waals surface area (Å²) >= 11 is 0. The molecule has 0 saturated carbocycles. The molecule has 0 aromatic rings. The van der Waals surface area contributed by atoms with Crippen molar-refractivity contribution in [2.45, 2.75) is 65.4 Å². The molecular weight excluding hydrogens is 208 g/mol. The van der Waals surface area contributed by atoms with Gasteiger partial charge in [0.15, 0.2) is 0 Å². The van der Waals surface area contributed by atoms with Gasteiger partial charge in [0.25, 0.3) is 0 Å². The van der Waals surface area contributed by atoms with E-state index in [2.05, 4.69) is 39.5 Å². The van der Waals surface area contributed by atoms with Gasteiger partial charge in [0.1, 0.15) is 5.60 Å². The standard InChI is InChI=1S/C16H25O/c1-6-10-16(5,17)12-9-14-13(2)8-7-11-15(14,3)4/h17H,1,7-9,11-12H2,2-5H3. The van der Waals surface area contributed by atoms with Crippen LogP contribution in [0, 0.1) is 24.2 Å². The maximum Gasteiger partial charge on any atom is 0.123 e. The molecule has 1 aliphatic rings. The Morgan fingerprint density at radius 3 is 2.65 bits per heavy atom. The summed E-state index contributed by atoms with van der Waals surface area (Å²) < 4.78 is 0. The predicted molar refractivity (Wildman–Crippen MR) is 73.3 cm³/mol. The predicted octanol–water partition coefficient (Wildman–Crippen LogP) is 3.88. The van der Waals surface area contributed by atoms with E-state index in [4.69, 9.17) is 0 Å². The highest BCUT2D eigenvalue weighted by Gasteiger charge is 2.29. The number of aliphatic hydroxyl groups is 1. The van der Waals surface area contributed by atoms with Crippen LogP contribution < -0.4 is 0 Å². The second kappa shape index (κ2) is 5.27. The molecule has 1 rings (SSSR count). The highest BCUT2D eigenvalue weighted by Crippen LogP contribution is 2.42. The molecule has 0 aromatic carbocycles. The largest absolute Gasteiger partial charge is 0.378 e. The van der Waals surface area contributed by atoms with E-state index in [9.17, 15) is 5.11 Å². The molecule has 0 aliphatic heterocycles. The molecule has 0 bridgehead atoms. The minimum Gasteiger partial charge on any atom is -0.378 e. The molecule has 1 heteroatoms. The Balaban J connectivity index is 2.76. The van der Waals surface area contributed by atoms with Crippen molar-refractivity contribution in [3.63, 3.8) is 0 Å². The second-order valence-corrected chi connectivity index (χ2v) is 6.07. The van der Waals surface area contributed by atoms with Gasteiger partial charge >= 0.3 is 0 Å². The minimum atomic E-state index is -0.900. The van der Waals surface area contributed by atoms with Gasteiger partial charge in [0.05, 0.1) is 0 Å². The monoisotopic (exact) mass is 233 g/mol. The number of rotatable bonds is 3. The summed E-state index contributed by atoms with van der Waals surface area (Å²) in [5, 5.41) is 10.1. The van der Waals surface area contributed by atoms with Gasteiger partial charge in [-0.15, -0.1) is 0 Å². The molecule has 0 fully saturated rings. The van der Waals surface area contributed by atoms with Gasteiger partial charge < -0.3 is 5.11 Å². The molecule has 1 unspecified atom stereocenters. The van der Waals surface area contributed by atoms with Crippen molar-refractivity contribution in [2.24, 2.45) is 5.41 Å². The third kappa shape index (κ3) is 3.89. The summed E-state index contributed by atoms with van der Waals surface area (Å²) in [7, 11) is 0. The van der Waals surface area contributed by atoms with E-state index in [1.807, 2.05) is 0 Å².